The Balaban J connectivity index is 2.29. The quantitative estimate of drug-likeness (QED) is 0.838. The van der Waals surface area contributed by atoms with Crippen molar-refractivity contribution in [3.8, 4) is 0 Å². The van der Waals surface area contributed by atoms with E-state index in [2.05, 4.69) is 9.71 Å². The molecular formula is C13H12ClN3O3S. The highest BCUT2D eigenvalue weighted by molar-refractivity contribution is 7.92. The van der Waals surface area contributed by atoms with Crippen molar-refractivity contribution in [1.29, 1.82) is 0 Å². The van der Waals surface area contributed by atoms with Gasteiger partial charge in [0.05, 0.1) is 16.8 Å². The van der Waals surface area contributed by atoms with Gasteiger partial charge in [0, 0.05) is 5.56 Å². The highest BCUT2D eigenvalue weighted by Crippen LogP contribution is 2.20. The van der Waals surface area contributed by atoms with Gasteiger partial charge in [-0.2, -0.15) is 0 Å². The molecule has 3 N–H and O–H groups in total. The maximum Gasteiger partial charge on any atom is 0.261 e. The molecule has 0 saturated carbocycles. The topological polar surface area (TPSA) is 102 Å². The number of nitrogens with zero attached hydrogens (tertiary/aromatic N) is 1. The van der Waals surface area contributed by atoms with E-state index in [4.69, 9.17) is 17.3 Å². The van der Waals surface area contributed by atoms with E-state index < -0.39 is 15.9 Å². The van der Waals surface area contributed by atoms with Crippen LogP contribution in [-0.4, -0.2) is 19.3 Å². The molecule has 0 spiro atoms. The van der Waals surface area contributed by atoms with Crippen molar-refractivity contribution in [3.63, 3.8) is 0 Å². The number of anilines is 1. The number of halogens is 1. The minimum atomic E-state index is -3.77. The summed E-state index contributed by atoms with van der Waals surface area (Å²) in [7, 11) is -3.77. The third-order valence-electron chi connectivity index (χ3n) is 2.72. The third-order valence-corrected chi connectivity index (χ3v) is 4.51. The summed E-state index contributed by atoms with van der Waals surface area (Å²) in [5, 5.41) is 0.309. The van der Waals surface area contributed by atoms with Crippen LogP contribution in [-0.2, 0) is 10.0 Å². The number of benzene rings is 1. The molecule has 1 aromatic carbocycles. The first-order chi connectivity index (χ1) is 9.79. The van der Waals surface area contributed by atoms with Gasteiger partial charge in [0.2, 0.25) is 5.91 Å². The van der Waals surface area contributed by atoms with Crippen molar-refractivity contribution in [2.45, 2.75) is 11.8 Å². The van der Waals surface area contributed by atoms with E-state index in [1.54, 1.807) is 13.0 Å². The number of hydrogen-bond acceptors (Lipinski definition) is 4. The van der Waals surface area contributed by atoms with Crippen LogP contribution in [0.2, 0.25) is 5.15 Å². The normalized spacial score (nSPS) is 11.1. The summed E-state index contributed by atoms with van der Waals surface area (Å²) < 4.78 is 26.8. The molecule has 0 fully saturated rings. The summed E-state index contributed by atoms with van der Waals surface area (Å²) in [5.74, 6) is -0.621. The minimum Gasteiger partial charge on any atom is -0.366 e. The number of aryl methyl sites for hydroxylation is 1. The Morgan fingerprint density at radius 2 is 1.90 bits per heavy atom. The molecule has 0 aliphatic heterocycles. The smallest absolute Gasteiger partial charge is 0.261 e. The fourth-order valence-electron chi connectivity index (χ4n) is 1.63. The lowest BCUT2D eigenvalue weighted by Gasteiger charge is -2.09. The average Bonchev–Trinajstić information content (AvgIpc) is 2.43. The summed E-state index contributed by atoms with van der Waals surface area (Å²) >= 11 is 5.78. The number of carbonyl (C=O) groups is 1. The number of nitrogens with one attached hydrogen (secondary N) is 1. The second-order valence-electron chi connectivity index (χ2n) is 4.33. The average molecular weight is 326 g/mol. The van der Waals surface area contributed by atoms with Gasteiger partial charge in [0.25, 0.3) is 10.0 Å². The lowest BCUT2D eigenvalue weighted by Crippen LogP contribution is -2.15. The Kier molecular flexibility index (Phi) is 4.15. The lowest BCUT2D eigenvalue weighted by molar-refractivity contribution is 0.1000. The van der Waals surface area contributed by atoms with Crippen LogP contribution in [0.15, 0.2) is 41.4 Å². The van der Waals surface area contributed by atoms with Crippen molar-refractivity contribution in [1.82, 2.24) is 4.98 Å². The summed E-state index contributed by atoms with van der Waals surface area (Å²) in [5.41, 5.74) is 6.29. The van der Waals surface area contributed by atoms with E-state index in [1.807, 2.05) is 0 Å². The molecule has 0 radical (unpaired) electrons. The van der Waals surface area contributed by atoms with E-state index in [0.29, 0.717) is 16.4 Å². The first-order valence-corrected chi connectivity index (χ1v) is 7.70. The molecule has 0 atom stereocenters. The molecule has 0 saturated heterocycles. The van der Waals surface area contributed by atoms with E-state index >= 15 is 0 Å². The Hall–Kier alpha value is -2.12. The zero-order valence-corrected chi connectivity index (χ0v) is 12.6. The van der Waals surface area contributed by atoms with E-state index in [0.717, 1.165) is 0 Å². The summed E-state index contributed by atoms with van der Waals surface area (Å²) in [6, 6.07) is 6.88. The van der Waals surface area contributed by atoms with Gasteiger partial charge in [-0.3, -0.25) is 9.52 Å². The highest BCUT2D eigenvalue weighted by atomic mass is 35.5. The Morgan fingerprint density at radius 1 is 1.29 bits per heavy atom. The molecular weight excluding hydrogens is 314 g/mol. The summed E-state index contributed by atoms with van der Waals surface area (Å²) in [6.07, 6.45) is 1.32. The maximum absolute atomic E-state index is 12.2. The van der Waals surface area contributed by atoms with Gasteiger partial charge >= 0.3 is 0 Å². The zero-order valence-electron chi connectivity index (χ0n) is 11.0. The number of aromatic nitrogens is 1. The van der Waals surface area contributed by atoms with Crippen LogP contribution in [0.3, 0.4) is 0 Å². The molecule has 1 aromatic heterocycles. The van der Waals surface area contributed by atoms with E-state index in [9.17, 15) is 13.2 Å². The summed E-state index contributed by atoms with van der Waals surface area (Å²) in [6.45, 7) is 1.72. The molecule has 0 aliphatic rings. The predicted molar refractivity (Wildman–Crippen MR) is 79.8 cm³/mol. The van der Waals surface area contributed by atoms with Gasteiger partial charge in [-0.1, -0.05) is 11.6 Å². The second-order valence-corrected chi connectivity index (χ2v) is 6.37. The van der Waals surface area contributed by atoms with Crippen LogP contribution < -0.4 is 10.5 Å². The number of nitrogens with two attached hydrogens (primary N) is 1. The molecule has 110 valence electrons. The van der Waals surface area contributed by atoms with Gasteiger partial charge < -0.3 is 5.73 Å². The molecule has 8 heteroatoms. The van der Waals surface area contributed by atoms with Crippen LogP contribution in [0.4, 0.5) is 5.69 Å². The minimum absolute atomic E-state index is 0.0140. The number of sulfonamides is 1. The van der Waals surface area contributed by atoms with Gasteiger partial charge in [0.15, 0.2) is 0 Å². The van der Waals surface area contributed by atoms with Crippen molar-refractivity contribution in [3.05, 3.63) is 52.8 Å². The fraction of sp³-hybridized carbons (Fsp3) is 0.0769. The molecule has 2 aromatic rings. The second kappa shape index (κ2) is 5.71. The first kappa shape index (κ1) is 15.3. The van der Waals surface area contributed by atoms with Crippen LogP contribution in [0.5, 0.6) is 0 Å². The van der Waals surface area contributed by atoms with Gasteiger partial charge in [-0.05, 0) is 42.8 Å². The van der Waals surface area contributed by atoms with Crippen LogP contribution in [0.1, 0.15) is 15.9 Å². The number of primary amides is 1. The lowest BCUT2D eigenvalue weighted by atomic mass is 10.2. The van der Waals surface area contributed by atoms with Crippen LogP contribution in [0, 0.1) is 6.92 Å². The predicted octanol–water partition coefficient (Wildman–Crippen LogP) is 1.94. The first-order valence-electron chi connectivity index (χ1n) is 5.84. The maximum atomic E-state index is 12.2. The molecule has 2 rings (SSSR count). The Labute approximate surface area is 127 Å². The monoisotopic (exact) mass is 325 g/mol. The highest BCUT2D eigenvalue weighted by Gasteiger charge is 2.15. The number of hydrogen-bond donors (Lipinski definition) is 2. The molecule has 21 heavy (non-hydrogen) atoms. The number of rotatable bonds is 4. The fourth-order valence-corrected chi connectivity index (χ4v) is 2.76. The van der Waals surface area contributed by atoms with E-state index in [-0.39, 0.29) is 10.5 Å². The largest absolute Gasteiger partial charge is 0.366 e. The van der Waals surface area contributed by atoms with Gasteiger partial charge in [-0.15, -0.1) is 0 Å². The third kappa shape index (κ3) is 3.50. The summed E-state index contributed by atoms with van der Waals surface area (Å²) in [4.78, 5) is 14.8. The molecule has 1 amide bonds. The Morgan fingerprint density at radius 3 is 2.43 bits per heavy atom. The standard InChI is InChI=1S/C13H12ClN3O3S/c1-8-6-10(7-16-12(8)14)17-21(19,20)11-4-2-9(3-5-11)13(15)18/h2-7,17H,1H3,(H2,15,18). The van der Waals surface area contributed by atoms with Gasteiger partial charge in [-0.25, -0.2) is 13.4 Å². The van der Waals surface area contributed by atoms with Gasteiger partial charge in [0.1, 0.15) is 5.15 Å². The number of amides is 1. The number of pyridine rings is 1. The molecule has 0 bridgehead atoms. The van der Waals surface area contributed by atoms with Crippen molar-refractivity contribution in [2.75, 3.05) is 4.72 Å². The van der Waals surface area contributed by atoms with E-state index in [1.165, 1.54) is 30.5 Å². The molecule has 0 aliphatic carbocycles. The zero-order chi connectivity index (χ0) is 15.6. The van der Waals surface area contributed by atoms with Crippen LogP contribution in [0.25, 0.3) is 0 Å². The van der Waals surface area contributed by atoms with Crippen molar-refractivity contribution < 1.29 is 13.2 Å². The number of carbonyl (C=O) groups excluding carboxylic acids is 1. The van der Waals surface area contributed by atoms with Crippen molar-refractivity contribution >= 4 is 33.2 Å². The Bertz CT molecular complexity index is 789. The van der Waals surface area contributed by atoms with Crippen molar-refractivity contribution in [2.24, 2.45) is 5.73 Å². The SMILES string of the molecule is Cc1cc(NS(=O)(=O)c2ccc(C(N)=O)cc2)cnc1Cl. The molecule has 0 unspecified atom stereocenters. The van der Waals surface area contributed by atoms with Crippen LogP contribution >= 0.6 is 11.6 Å². The molecule has 6 nitrogen and oxygen atoms in total. The molecule has 1 heterocycles.